The number of anilines is 1. The summed E-state index contributed by atoms with van der Waals surface area (Å²) in [6, 6.07) is 9.26. The summed E-state index contributed by atoms with van der Waals surface area (Å²) < 4.78 is 0. The minimum atomic E-state index is -0.0441. The van der Waals surface area contributed by atoms with Crippen LogP contribution in [0.15, 0.2) is 35.1 Å². The molecule has 1 aromatic carbocycles. The number of aromatic hydroxyl groups is 1. The fraction of sp³-hybridized carbons (Fsp3) is 0.312. The molecule has 0 saturated heterocycles. The lowest BCUT2D eigenvalue weighted by Gasteiger charge is -2.26. The van der Waals surface area contributed by atoms with Crippen LogP contribution in [0, 0.1) is 6.92 Å². The molecule has 4 heteroatoms. The van der Waals surface area contributed by atoms with Crippen molar-refractivity contribution in [1.82, 2.24) is 4.98 Å². The molecule has 0 bridgehead atoms. The highest BCUT2D eigenvalue weighted by Gasteiger charge is 2.20. The summed E-state index contributed by atoms with van der Waals surface area (Å²) >= 11 is 0. The SMILES string of the molecule is Cc1ccc(NC2CCCc3[nH]c(=O)ccc32)cc1O. The van der Waals surface area contributed by atoms with Crippen LogP contribution in [-0.2, 0) is 6.42 Å². The summed E-state index contributed by atoms with van der Waals surface area (Å²) in [5, 5.41) is 13.2. The van der Waals surface area contributed by atoms with E-state index in [-0.39, 0.29) is 11.6 Å². The average molecular weight is 270 g/mol. The van der Waals surface area contributed by atoms with Gasteiger partial charge in [0.2, 0.25) is 5.56 Å². The van der Waals surface area contributed by atoms with Crippen molar-refractivity contribution in [2.45, 2.75) is 32.2 Å². The van der Waals surface area contributed by atoms with Gasteiger partial charge in [0.25, 0.3) is 0 Å². The molecule has 1 unspecified atom stereocenters. The first-order valence-electron chi connectivity index (χ1n) is 6.92. The maximum Gasteiger partial charge on any atom is 0.248 e. The second-order valence-corrected chi connectivity index (χ2v) is 5.35. The maximum absolute atomic E-state index is 11.4. The molecule has 1 aliphatic rings. The van der Waals surface area contributed by atoms with Crippen LogP contribution in [0.2, 0.25) is 0 Å². The Bertz CT molecular complexity index is 691. The summed E-state index contributed by atoms with van der Waals surface area (Å²) in [5.74, 6) is 0.299. The molecular weight excluding hydrogens is 252 g/mol. The number of nitrogens with one attached hydrogen (secondary N) is 2. The van der Waals surface area contributed by atoms with E-state index in [9.17, 15) is 9.90 Å². The zero-order valence-electron chi connectivity index (χ0n) is 11.4. The van der Waals surface area contributed by atoms with Gasteiger partial charge in [0.1, 0.15) is 5.75 Å². The largest absolute Gasteiger partial charge is 0.508 e. The van der Waals surface area contributed by atoms with Gasteiger partial charge in [-0.05, 0) is 49.4 Å². The highest BCUT2D eigenvalue weighted by atomic mass is 16.3. The number of rotatable bonds is 2. The Morgan fingerprint density at radius 3 is 2.95 bits per heavy atom. The number of aromatic nitrogens is 1. The molecule has 0 fully saturated rings. The highest BCUT2D eigenvalue weighted by molar-refractivity contribution is 5.52. The molecule has 3 rings (SSSR count). The minimum Gasteiger partial charge on any atom is -0.508 e. The van der Waals surface area contributed by atoms with Crippen LogP contribution in [0.25, 0.3) is 0 Å². The van der Waals surface area contributed by atoms with Crippen LogP contribution in [0.1, 0.15) is 35.7 Å². The monoisotopic (exact) mass is 270 g/mol. The van der Waals surface area contributed by atoms with Gasteiger partial charge in [0.05, 0.1) is 6.04 Å². The standard InChI is InChI=1S/C16H18N2O2/c1-10-5-6-11(9-15(10)19)17-13-3-2-4-14-12(13)7-8-16(20)18-14/h5-9,13,17,19H,2-4H2,1H3,(H,18,20). The van der Waals surface area contributed by atoms with E-state index in [4.69, 9.17) is 0 Å². The molecule has 104 valence electrons. The maximum atomic E-state index is 11.4. The summed E-state index contributed by atoms with van der Waals surface area (Å²) in [6.45, 7) is 1.87. The topological polar surface area (TPSA) is 65.1 Å². The number of phenolic OH excluding ortho intramolecular Hbond substituents is 1. The summed E-state index contributed by atoms with van der Waals surface area (Å²) in [6.07, 6.45) is 2.99. The molecule has 1 heterocycles. The number of phenols is 1. The van der Waals surface area contributed by atoms with E-state index in [2.05, 4.69) is 10.3 Å². The number of H-pyrrole nitrogens is 1. The number of hydrogen-bond acceptors (Lipinski definition) is 3. The van der Waals surface area contributed by atoms with Gasteiger partial charge in [-0.2, -0.15) is 0 Å². The molecular formula is C16H18N2O2. The van der Waals surface area contributed by atoms with Gasteiger partial charge in [-0.15, -0.1) is 0 Å². The predicted molar refractivity (Wildman–Crippen MR) is 79.2 cm³/mol. The van der Waals surface area contributed by atoms with Crippen molar-refractivity contribution >= 4 is 5.69 Å². The van der Waals surface area contributed by atoms with Gasteiger partial charge >= 0.3 is 0 Å². The van der Waals surface area contributed by atoms with Crippen LogP contribution >= 0.6 is 0 Å². The molecule has 0 radical (unpaired) electrons. The lowest BCUT2D eigenvalue weighted by molar-refractivity contribution is 0.471. The zero-order valence-corrected chi connectivity index (χ0v) is 11.4. The zero-order chi connectivity index (χ0) is 14.1. The van der Waals surface area contributed by atoms with E-state index in [1.54, 1.807) is 12.1 Å². The Balaban J connectivity index is 1.89. The Morgan fingerprint density at radius 1 is 1.30 bits per heavy atom. The first-order chi connectivity index (χ1) is 9.63. The third-order valence-corrected chi connectivity index (χ3v) is 3.88. The average Bonchev–Trinajstić information content (AvgIpc) is 2.43. The molecule has 1 aliphatic carbocycles. The van der Waals surface area contributed by atoms with Crippen molar-refractivity contribution in [3.8, 4) is 5.75 Å². The van der Waals surface area contributed by atoms with Crippen molar-refractivity contribution in [3.05, 3.63) is 57.5 Å². The van der Waals surface area contributed by atoms with E-state index in [0.717, 1.165) is 41.8 Å². The Hall–Kier alpha value is -2.23. The van der Waals surface area contributed by atoms with Gasteiger partial charge in [0.15, 0.2) is 0 Å². The van der Waals surface area contributed by atoms with Gasteiger partial charge in [-0.3, -0.25) is 4.79 Å². The lowest BCUT2D eigenvalue weighted by atomic mass is 9.91. The third kappa shape index (κ3) is 2.41. The van der Waals surface area contributed by atoms with Crippen molar-refractivity contribution in [3.63, 3.8) is 0 Å². The van der Waals surface area contributed by atoms with Crippen molar-refractivity contribution in [2.24, 2.45) is 0 Å². The molecule has 1 aromatic heterocycles. The Labute approximate surface area is 117 Å². The molecule has 0 saturated carbocycles. The van der Waals surface area contributed by atoms with Crippen LogP contribution in [-0.4, -0.2) is 10.1 Å². The number of pyridine rings is 1. The number of fused-ring (bicyclic) bond motifs is 1. The summed E-state index contributed by atoms with van der Waals surface area (Å²) in [7, 11) is 0. The Kier molecular flexibility index (Phi) is 3.22. The van der Waals surface area contributed by atoms with Gasteiger partial charge < -0.3 is 15.4 Å². The van der Waals surface area contributed by atoms with E-state index in [0.29, 0.717) is 5.75 Å². The van der Waals surface area contributed by atoms with E-state index < -0.39 is 0 Å². The first kappa shape index (κ1) is 12.8. The fourth-order valence-electron chi connectivity index (χ4n) is 2.75. The van der Waals surface area contributed by atoms with E-state index in [1.807, 2.05) is 25.1 Å². The normalized spacial score (nSPS) is 17.6. The van der Waals surface area contributed by atoms with Crippen LogP contribution in [0.3, 0.4) is 0 Å². The number of aromatic amines is 1. The minimum absolute atomic E-state index is 0.0441. The molecule has 20 heavy (non-hydrogen) atoms. The fourth-order valence-corrected chi connectivity index (χ4v) is 2.75. The molecule has 0 aliphatic heterocycles. The van der Waals surface area contributed by atoms with E-state index >= 15 is 0 Å². The quantitative estimate of drug-likeness (QED) is 0.786. The molecule has 2 aromatic rings. The second-order valence-electron chi connectivity index (χ2n) is 5.35. The summed E-state index contributed by atoms with van der Waals surface area (Å²) in [4.78, 5) is 14.3. The molecule has 4 nitrogen and oxygen atoms in total. The second kappa shape index (κ2) is 5.04. The number of hydrogen-bond donors (Lipinski definition) is 3. The van der Waals surface area contributed by atoms with Crippen LogP contribution < -0.4 is 10.9 Å². The predicted octanol–water partition coefficient (Wildman–Crippen LogP) is 2.88. The Morgan fingerprint density at radius 2 is 2.15 bits per heavy atom. The van der Waals surface area contributed by atoms with Gasteiger partial charge in [0, 0.05) is 23.5 Å². The van der Waals surface area contributed by atoms with Crippen molar-refractivity contribution in [2.75, 3.05) is 5.32 Å². The highest BCUT2D eigenvalue weighted by Crippen LogP contribution is 2.32. The smallest absolute Gasteiger partial charge is 0.248 e. The van der Waals surface area contributed by atoms with Crippen LogP contribution in [0.4, 0.5) is 5.69 Å². The first-order valence-corrected chi connectivity index (χ1v) is 6.92. The van der Waals surface area contributed by atoms with Gasteiger partial charge in [-0.1, -0.05) is 6.07 Å². The van der Waals surface area contributed by atoms with E-state index in [1.165, 1.54) is 0 Å². The molecule has 0 amide bonds. The lowest BCUT2D eigenvalue weighted by Crippen LogP contribution is -2.21. The van der Waals surface area contributed by atoms with Crippen molar-refractivity contribution < 1.29 is 5.11 Å². The van der Waals surface area contributed by atoms with Crippen molar-refractivity contribution in [1.29, 1.82) is 0 Å². The molecule has 3 N–H and O–H groups in total. The summed E-state index contributed by atoms with van der Waals surface area (Å²) in [5.41, 5.74) is 3.90. The third-order valence-electron chi connectivity index (χ3n) is 3.88. The molecule has 0 spiro atoms. The number of benzene rings is 1. The number of aryl methyl sites for hydroxylation is 2. The van der Waals surface area contributed by atoms with Gasteiger partial charge in [-0.25, -0.2) is 0 Å². The molecule has 1 atom stereocenters. The van der Waals surface area contributed by atoms with Crippen LogP contribution in [0.5, 0.6) is 5.75 Å².